The molecule has 0 aromatic carbocycles. The van der Waals surface area contributed by atoms with Crippen LogP contribution in [0.3, 0.4) is 0 Å². The Kier molecular flexibility index (Phi) is 21.9. The van der Waals surface area contributed by atoms with E-state index in [9.17, 15) is 0 Å². The molecule has 0 radical (unpaired) electrons. The molecule has 4 heteroatoms. The summed E-state index contributed by atoms with van der Waals surface area (Å²) >= 11 is 0. The van der Waals surface area contributed by atoms with Gasteiger partial charge in [0.05, 0.1) is 0 Å². The maximum atomic E-state index is 5.06. The van der Waals surface area contributed by atoms with Gasteiger partial charge in [-0.15, -0.1) is 0 Å². The van der Waals surface area contributed by atoms with Crippen molar-refractivity contribution in [2.75, 3.05) is 13.2 Å². The van der Waals surface area contributed by atoms with E-state index in [1.54, 1.807) is 0 Å². The Morgan fingerprint density at radius 2 is 1.40 bits per heavy atom. The van der Waals surface area contributed by atoms with Gasteiger partial charge in [0.25, 0.3) is 0 Å². The Hall–Kier alpha value is 1.05. The van der Waals surface area contributed by atoms with Crippen molar-refractivity contribution in [3.8, 4) is 0 Å². The van der Waals surface area contributed by atoms with Gasteiger partial charge in [-0.3, -0.25) is 0 Å². The molecule has 0 aliphatic rings. The Morgan fingerprint density at radius 3 is 1.60 bits per heavy atom. The number of hydrogen-bond acceptors (Lipinski definition) is 2. The van der Waals surface area contributed by atoms with Crippen LogP contribution in [0.4, 0.5) is 0 Å². The molecule has 0 amide bonds. The third kappa shape index (κ3) is 11.8. The summed E-state index contributed by atoms with van der Waals surface area (Å²) in [6.45, 7) is 7.25. The molecular formula is C6H18AlLiO2. The molecule has 2 nitrogen and oxygen atoms in total. The number of ether oxygens (including phenoxy) is 2. The number of rotatable bonds is 4. The first kappa shape index (κ1) is 17.2. The van der Waals surface area contributed by atoms with E-state index in [-0.39, 0.29) is 42.5 Å². The molecule has 0 saturated carbocycles. The van der Waals surface area contributed by atoms with Crippen LogP contribution in [0.15, 0.2) is 0 Å². The van der Waals surface area contributed by atoms with E-state index in [2.05, 4.69) is 0 Å². The molecule has 0 N–H and O–H groups in total. The molecule has 0 aliphatic heterocycles. The topological polar surface area (TPSA) is 18.5 Å². The quantitative estimate of drug-likeness (QED) is 0.406. The first-order valence-electron chi connectivity index (χ1n) is 3.04. The molecule has 0 saturated heterocycles. The molecule has 0 aromatic rings. The summed E-state index contributed by atoms with van der Waals surface area (Å²) in [5.74, 6) is 0. The zero-order valence-electron chi connectivity index (χ0n) is 5.81. The normalized spacial score (nSPS) is 8.40. The van der Waals surface area contributed by atoms with Gasteiger partial charge in [-0.05, 0) is 20.8 Å². The van der Waals surface area contributed by atoms with E-state index in [4.69, 9.17) is 9.47 Å². The molecule has 0 fully saturated rings. The van der Waals surface area contributed by atoms with Crippen molar-refractivity contribution in [1.82, 2.24) is 0 Å². The second kappa shape index (κ2) is 12.7. The zero-order chi connectivity index (χ0) is 6.41. The van der Waals surface area contributed by atoms with E-state index in [1.807, 2.05) is 20.8 Å². The van der Waals surface area contributed by atoms with Gasteiger partial charge in [0.2, 0.25) is 0 Å². The fourth-order valence-electron chi connectivity index (χ4n) is 0.518. The van der Waals surface area contributed by atoms with E-state index >= 15 is 0 Å². The van der Waals surface area contributed by atoms with Gasteiger partial charge >= 0.3 is 18.9 Å². The molecule has 0 rings (SSSR count). The first-order chi connectivity index (χ1) is 3.81. The molecule has 0 aromatic heterocycles. The summed E-state index contributed by atoms with van der Waals surface area (Å²) in [5, 5.41) is 0. The van der Waals surface area contributed by atoms with Gasteiger partial charge in [-0.25, -0.2) is 0 Å². The molecule has 0 atom stereocenters. The summed E-state index contributed by atoms with van der Waals surface area (Å²) in [7, 11) is 0. The van der Waals surface area contributed by atoms with Gasteiger partial charge in [-0.2, -0.15) is 0 Å². The second-order valence-corrected chi connectivity index (χ2v) is 1.48. The van der Waals surface area contributed by atoms with E-state index < -0.39 is 0 Å². The van der Waals surface area contributed by atoms with Crippen LogP contribution in [0.5, 0.6) is 0 Å². The van der Waals surface area contributed by atoms with Crippen LogP contribution < -0.4 is 0 Å². The Bertz CT molecular complexity index is 49.0. The van der Waals surface area contributed by atoms with E-state index in [0.717, 1.165) is 13.2 Å². The average molecular weight is 156 g/mol. The van der Waals surface area contributed by atoms with Crippen LogP contribution in [0.2, 0.25) is 0 Å². The monoisotopic (exact) mass is 156 g/mol. The minimum atomic E-state index is -0.0370. The Morgan fingerprint density at radius 1 is 1.10 bits per heavy atom. The SMILES string of the molecule is CCOC(C)OCC.[AlH3].[LiH]. The zero-order valence-corrected chi connectivity index (χ0v) is 5.81. The maximum absolute atomic E-state index is 5.06. The third-order valence-corrected chi connectivity index (χ3v) is 0.803. The van der Waals surface area contributed by atoms with Crippen molar-refractivity contribution in [1.29, 1.82) is 0 Å². The van der Waals surface area contributed by atoms with Crippen LogP contribution >= 0.6 is 0 Å². The fraction of sp³-hybridized carbons (Fsp3) is 1.00. The first-order valence-corrected chi connectivity index (χ1v) is 3.04. The summed E-state index contributed by atoms with van der Waals surface area (Å²) in [6.07, 6.45) is -0.0370. The van der Waals surface area contributed by atoms with Crippen LogP contribution in [-0.2, 0) is 9.47 Å². The van der Waals surface area contributed by atoms with Gasteiger partial charge in [0.1, 0.15) is 0 Å². The van der Waals surface area contributed by atoms with Crippen LogP contribution in [0, 0.1) is 0 Å². The summed E-state index contributed by atoms with van der Waals surface area (Å²) in [5.41, 5.74) is 0. The van der Waals surface area contributed by atoms with Crippen molar-refractivity contribution in [2.45, 2.75) is 27.1 Å². The molecule has 0 spiro atoms. The van der Waals surface area contributed by atoms with E-state index in [0.29, 0.717) is 0 Å². The summed E-state index contributed by atoms with van der Waals surface area (Å²) < 4.78 is 10.1. The fourth-order valence-corrected chi connectivity index (χ4v) is 0.518. The van der Waals surface area contributed by atoms with Crippen molar-refractivity contribution >= 4 is 36.2 Å². The van der Waals surface area contributed by atoms with Gasteiger partial charge in [-0.1, -0.05) is 0 Å². The molecule has 0 unspecified atom stereocenters. The summed E-state index contributed by atoms with van der Waals surface area (Å²) in [4.78, 5) is 0. The van der Waals surface area contributed by atoms with Crippen molar-refractivity contribution in [3.63, 3.8) is 0 Å². The van der Waals surface area contributed by atoms with E-state index in [1.165, 1.54) is 0 Å². The predicted octanol–water partition coefficient (Wildman–Crippen LogP) is -0.427. The Labute approximate surface area is 86.0 Å². The predicted molar refractivity (Wildman–Crippen MR) is 49.8 cm³/mol. The standard InChI is InChI=1S/C6H14O2.Al.Li.4H/c1-4-7-6(3)8-5-2;;;;;;/h6H,4-5H2,1-3H3;;;;;;. The van der Waals surface area contributed by atoms with Gasteiger partial charge in [0, 0.05) is 13.2 Å². The molecule has 0 aliphatic carbocycles. The minimum absolute atomic E-state index is 0. The molecule has 0 heterocycles. The van der Waals surface area contributed by atoms with Gasteiger partial charge < -0.3 is 9.47 Å². The average Bonchev–Trinajstić information content (AvgIpc) is 1.68. The third-order valence-electron chi connectivity index (χ3n) is 0.803. The van der Waals surface area contributed by atoms with Crippen molar-refractivity contribution in [3.05, 3.63) is 0 Å². The Balaban J connectivity index is -0.000000245. The van der Waals surface area contributed by atoms with Crippen LogP contribution in [0.1, 0.15) is 20.8 Å². The molecule has 0 bridgehead atoms. The van der Waals surface area contributed by atoms with Crippen LogP contribution in [-0.4, -0.2) is 55.7 Å². The summed E-state index contributed by atoms with van der Waals surface area (Å²) in [6, 6.07) is 0. The van der Waals surface area contributed by atoms with Crippen molar-refractivity contribution in [2.24, 2.45) is 0 Å². The molecule has 10 heavy (non-hydrogen) atoms. The molecule has 58 valence electrons. The van der Waals surface area contributed by atoms with Crippen LogP contribution in [0.25, 0.3) is 0 Å². The molecular weight excluding hydrogens is 138 g/mol. The second-order valence-electron chi connectivity index (χ2n) is 1.48. The number of hydrogen-bond donors (Lipinski definition) is 0. The van der Waals surface area contributed by atoms with Gasteiger partial charge in [0.15, 0.2) is 23.7 Å². The van der Waals surface area contributed by atoms with Crippen molar-refractivity contribution < 1.29 is 9.47 Å².